The number of aromatic nitrogens is 3. The molecule has 0 aliphatic rings. The van der Waals surface area contributed by atoms with E-state index in [2.05, 4.69) is 74.3 Å². The Hall–Kier alpha value is -3.42. The Balaban J connectivity index is 1.33. The van der Waals surface area contributed by atoms with E-state index in [1.165, 1.54) is 14.8 Å². The van der Waals surface area contributed by atoms with Crippen molar-refractivity contribution in [3.63, 3.8) is 0 Å². The fraction of sp³-hybridized carbons (Fsp3) is 0.130. The number of rotatable bonds is 7. The van der Waals surface area contributed by atoms with Gasteiger partial charge in [-0.1, -0.05) is 30.3 Å². The second-order valence-corrected chi connectivity index (χ2v) is 8.07. The summed E-state index contributed by atoms with van der Waals surface area (Å²) in [6, 6.07) is 20.6. The number of hydrogen-bond acceptors (Lipinski definition) is 6. The van der Waals surface area contributed by atoms with Crippen molar-refractivity contribution in [1.29, 1.82) is 0 Å². The molecule has 5 aromatic rings. The average Bonchev–Trinajstić information content (AvgIpc) is 3.35. The van der Waals surface area contributed by atoms with Gasteiger partial charge in [0.25, 0.3) is 0 Å². The van der Waals surface area contributed by atoms with Gasteiger partial charge in [0.15, 0.2) is 0 Å². The minimum absolute atomic E-state index is 0.176. The second kappa shape index (κ2) is 8.14. The largest absolute Gasteiger partial charge is 0.396 e. The summed E-state index contributed by atoms with van der Waals surface area (Å²) in [4.78, 5) is 4.39. The third-order valence-corrected chi connectivity index (χ3v) is 6.12. The molecule has 0 aliphatic carbocycles. The van der Waals surface area contributed by atoms with Crippen LogP contribution in [0.2, 0.25) is 0 Å². The van der Waals surface area contributed by atoms with Gasteiger partial charge in [0.05, 0.1) is 22.1 Å². The zero-order valence-electron chi connectivity index (χ0n) is 16.2. The Morgan fingerprint density at radius 1 is 0.967 bits per heavy atom. The van der Waals surface area contributed by atoms with Gasteiger partial charge in [-0.05, 0) is 36.8 Å². The molecule has 3 heterocycles. The number of anilines is 3. The van der Waals surface area contributed by atoms with E-state index in [1.807, 2.05) is 12.1 Å². The number of nitrogens with one attached hydrogen (secondary N) is 3. The smallest absolute Gasteiger partial charge is 0.126 e. The number of aliphatic hydroxyl groups is 1. The fourth-order valence-corrected chi connectivity index (χ4v) is 4.59. The minimum Gasteiger partial charge on any atom is -0.396 e. The standard InChI is InChI=1S/C23H21N5OS/c29-13-3-12-24-20-11-10-17(14-25-20)26-16-8-6-15(7-9-16)21-23-22(28-27-21)18-4-1-2-5-19(18)30-23/h1-2,4-11,14,26,29H,3,12-13H2,(H,24,25)(H,27,28). The number of fused-ring (bicyclic) bond motifs is 3. The first-order chi connectivity index (χ1) is 14.8. The molecule has 0 atom stereocenters. The van der Waals surface area contributed by atoms with Crippen molar-refractivity contribution in [1.82, 2.24) is 15.2 Å². The molecule has 5 rings (SSSR count). The summed E-state index contributed by atoms with van der Waals surface area (Å²) in [5.74, 6) is 0.801. The number of benzene rings is 2. The van der Waals surface area contributed by atoms with Crippen LogP contribution in [0.25, 0.3) is 31.6 Å². The summed E-state index contributed by atoms with van der Waals surface area (Å²) in [5, 5.41) is 24.4. The number of aliphatic hydroxyl groups excluding tert-OH is 1. The summed E-state index contributed by atoms with van der Waals surface area (Å²) >= 11 is 1.77. The number of thiophene rings is 1. The molecule has 7 heteroatoms. The van der Waals surface area contributed by atoms with Gasteiger partial charge in [-0.3, -0.25) is 5.10 Å². The van der Waals surface area contributed by atoms with Gasteiger partial charge in [0.2, 0.25) is 0 Å². The first kappa shape index (κ1) is 18.6. The molecule has 0 aliphatic heterocycles. The van der Waals surface area contributed by atoms with Crippen LogP contribution >= 0.6 is 11.3 Å². The predicted octanol–water partition coefficient (Wildman–Crippen LogP) is 5.38. The van der Waals surface area contributed by atoms with E-state index < -0.39 is 0 Å². The van der Waals surface area contributed by atoms with Crippen LogP contribution in [0.15, 0.2) is 66.9 Å². The maximum absolute atomic E-state index is 8.84. The predicted molar refractivity (Wildman–Crippen MR) is 125 cm³/mol. The second-order valence-electron chi connectivity index (χ2n) is 7.01. The molecule has 0 fully saturated rings. The lowest BCUT2D eigenvalue weighted by Crippen LogP contribution is -2.04. The fourth-order valence-electron chi connectivity index (χ4n) is 3.43. The quantitative estimate of drug-likeness (QED) is 0.268. The van der Waals surface area contributed by atoms with Crippen LogP contribution in [-0.4, -0.2) is 33.4 Å². The van der Waals surface area contributed by atoms with Crippen LogP contribution < -0.4 is 10.6 Å². The number of aromatic amines is 1. The molecule has 0 unspecified atom stereocenters. The monoisotopic (exact) mass is 415 g/mol. The van der Waals surface area contributed by atoms with Crippen molar-refractivity contribution >= 4 is 48.8 Å². The van der Waals surface area contributed by atoms with Gasteiger partial charge in [-0.25, -0.2) is 4.98 Å². The molecule has 0 spiro atoms. The van der Waals surface area contributed by atoms with E-state index in [9.17, 15) is 0 Å². The molecule has 0 radical (unpaired) electrons. The van der Waals surface area contributed by atoms with E-state index in [1.54, 1.807) is 17.5 Å². The van der Waals surface area contributed by atoms with Crippen LogP contribution in [0.3, 0.4) is 0 Å². The molecule has 4 N–H and O–H groups in total. The van der Waals surface area contributed by atoms with Crippen molar-refractivity contribution in [3.8, 4) is 11.3 Å². The molecule has 0 bridgehead atoms. The Labute approximate surface area is 177 Å². The van der Waals surface area contributed by atoms with Crippen molar-refractivity contribution in [2.24, 2.45) is 0 Å². The molecular weight excluding hydrogens is 394 g/mol. The molecule has 3 aromatic heterocycles. The zero-order valence-corrected chi connectivity index (χ0v) is 17.0. The van der Waals surface area contributed by atoms with E-state index >= 15 is 0 Å². The highest BCUT2D eigenvalue weighted by Gasteiger charge is 2.13. The highest BCUT2D eigenvalue weighted by molar-refractivity contribution is 7.26. The number of pyridine rings is 1. The van der Waals surface area contributed by atoms with Crippen molar-refractivity contribution in [3.05, 3.63) is 66.9 Å². The Kier molecular flexibility index (Phi) is 5.04. The third kappa shape index (κ3) is 3.60. The maximum Gasteiger partial charge on any atom is 0.126 e. The highest BCUT2D eigenvalue weighted by Crippen LogP contribution is 2.38. The van der Waals surface area contributed by atoms with Crippen LogP contribution in [0.4, 0.5) is 17.2 Å². The molecule has 0 saturated heterocycles. The van der Waals surface area contributed by atoms with E-state index in [-0.39, 0.29) is 6.61 Å². The summed E-state index contributed by atoms with van der Waals surface area (Å²) in [6.07, 6.45) is 2.50. The van der Waals surface area contributed by atoms with Crippen LogP contribution in [0.5, 0.6) is 0 Å². The first-order valence-corrected chi connectivity index (χ1v) is 10.7. The lowest BCUT2D eigenvalue weighted by molar-refractivity contribution is 0.292. The van der Waals surface area contributed by atoms with Crippen molar-refractivity contribution < 1.29 is 5.11 Å². The average molecular weight is 416 g/mol. The summed E-state index contributed by atoms with van der Waals surface area (Å²) in [7, 11) is 0. The van der Waals surface area contributed by atoms with Gasteiger partial charge in [-0.15, -0.1) is 11.3 Å². The molecule has 0 saturated carbocycles. The first-order valence-electron chi connectivity index (χ1n) is 9.86. The minimum atomic E-state index is 0.176. The SMILES string of the molecule is OCCCNc1ccc(Nc2ccc(-c3n[nH]c4c3sc3ccccc34)cc2)cn1. The molecular formula is C23H21N5OS. The highest BCUT2D eigenvalue weighted by atomic mass is 32.1. The molecule has 150 valence electrons. The number of nitrogens with zero attached hydrogens (tertiary/aromatic N) is 2. The third-order valence-electron chi connectivity index (χ3n) is 4.94. The topological polar surface area (TPSA) is 85.9 Å². The van der Waals surface area contributed by atoms with Crippen LogP contribution in [0, 0.1) is 0 Å². The Bertz CT molecular complexity index is 1270. The van der Waals surface area contributed by atoms with Gasteiger partial charge < -0.3 is 15.7 Å². The summed E-state index contributed by atoms with van der Waals surface area (Å²) in [6.45, 7) is 0.882. The van der Waals surface area contributed by atoms with Crippen LogP contribution in [0.1, 0.15) is 6.42 Å². The lowest BCUT2D eigenvalue weighted by atomic mass is 10.1. The number of hydrogen-bond donors (Lipinski definition) is 4. The molecule has 2 aromatic carbocycles. The Morgan fingerprint density at radius 3 is 2.60 bits per heavy atom. The molecule has 6 nitrogen and oxygen atoms in total. The zero-order chi connectivity index (χ0) is 20.3. The van der Waals surface area contributed by atoms with Crippen molar-refractivity contribution in [2.45, 2.75) is 6.42 Å². The maximum atomic E-state index is 8.84. The van der Waals surface area contributed by atoms with Crippen LogP contribution in [-0.2, 0) is 0 Å². The summed E-state index contributed by atoms with van der Waals surface area (Å²) < 4.78 is 2.45. The lowest BCUT2D eigenvalue weighted by Gasteiger charge is -2.08. The number of H-pyrrole nitrogens is 1. The van der Waals surface area contributed by atoms with E-state index in [0.717, 1.165) is 34.0 Å². The van der Waals surface area contributed by atoms with Gasteiger partial charge in [0, 0.05) is 34.5 Å². The normalized spacial score (nSPS) is 11.2. The van der Waals surface area contributed by atoms with Gasteiger partial charge in [0.1, 0.15) is 11.5 Å². The van der Waals surface area contributed by atoms with E-state index in [4.69, 9.17) is 5.11 Å². The van der Waals surface area contributed by atoms with Crippen molar-refractivity contribution in [2.75, 3.05) is 23.8 Å². The molecule has 0 amide bonds. The summed E-state index contributed by atoms with van der Waals surface area (Å²) in [5.41, 5.74) is 5.08. The molecule has 30 heavy (non-hydrogen) atoms. The van der Waals surface area contributed by atoms with E-state index in [0.29, 0.717) is 13.0 Å². The van der Waals surface area contributed by atoms with Gasteiger partial charge in [-0.2, -0.15) is 5.10 Å². The van der Waals surface area contributed by atoms with Gasteiger partial charge >= 0.3 is 0 Å². The Morgan fingerprint density at radius 2 is 1.80 bits per heavy atom.